The van der Waals surface area contributed by atoms with Crippen molar-refractivity contribution >= 4 is 5.69 Å². The fourth-order valence-corrected chi connectivity index (χ4v) is 2.78. The van der Waals surface area contributed by atoms with Crippen molar-refractivity contribution in [3.63, 3.8) is 0 Å². The molecule has 1 fully saturated rings. The van der Waals surface area contributed by atoms with E-state index in [0.29, 0.717) is 0 Å². The molecule has 2 aromatic rings. The van der Waals surface area contributed by atoms with Crippen LogP contribution in [0.3, 0.4) is 0 Å². The van der Waals surface area contributed by atoms with Crippen LogP contribution in [-0.2, 0) is 0 Å². The molecule has 0 amide bonds. The molecule has 2 aromatic carbocycles. The van der Waals surface area contributed by atoms with Crippen molar-refractivity contribution in [1.29, 1.82) is 0 Å². The lowest BCUT2D eigenvalue weighted by atomic mass is 10.1. The van der Waals surface area contributed by atoms with Gasteiger partial charge in [0.05, 0.1) is 0 Å². The zero-order valence-electron chi connectivity index (χ0n) is 12.7. The Labute approximate surface area is 132 Å². The summed E-state index contributed by atoms with van der Waals surface area (Å²) in [5.74, 6) is 5.96. The van der Waals surface area contributed by atoms with Crippen LogP contribution in [0.25, 0.3) is 0 Å². The van der Waals surface area contributed by atoms with Crippen LogP contribution in [0, 0.1) is 11.8 Å². The topological polar surface area (TPSA) is 23.5 Å². The van der Waals surface area contributed by atoms with Gasteiger partial charge in [-0.15, -0.1) is 0 Å². The number of rotatable bonds is 2. The molecule has 22 heavy (non-hydrogen) atoms. The Kier molecular flexibility index (Phi) is 4.78. The molecule has 0 aromatic heterocycles. The largest absolute Gasteiger partial charge is 0.376 e. The highest BCUT2D eigenvalue weighted by Gasteiger charge is 2.10. The van der Waals surface area contributed by atoms with E-state index in [1.165, 1.54) is 24.9 Å². The quantitative estimate of drug-likeness (QED) is 0.852. The van der Waals surface area contributed by atoms with Gasteiger partial charge in [0.2, 0.25) is 0 Å². The Morgan fingerprint density at radius 2 is 1.55 bits per heavy atom. The zero-order valence-corrected chi connectivity index (χ0v) is 12.7. The lowest BCUT2D eigenvalue weighted by molar-refractivity contribution is 0.238. The van der Waals surface area contributed by atoms with Crippen molar-refractivity contribution < 1.29 is 5.11 Å². The smallest absolute Gasteiger partial charge is 0.140 e. The van der Waals surface area contributed by atoms with Gasteiger partial charge in [0.25, 0.3) is 0 Å². The third kappa shape index (κ3) is 3.69. The first-order chi connectivity index (χ1) is 10.8. The van der Waals surface area contributed by atoms with Gasteiger partial charge in [-0.1, -0.05) is 42.2 Å². The first-order valence-electron chi connectivity index (χ1n) is 7.92. The number of anilines is 1. The van der Waals surface area contributed by atoms with Gasteiger partial charge in [0.15, 0.2) is 0 Å². The molecule has 0 bridgehead atoms. The van der Waals surface area contributed by atoms with Crippen molar-refractivity contribution in [3.05, 3.63) is 65.7 Å². The summed E-state index contributed by atoms with van der Waals surface area (Å²) in [4.78, 5) is 2.43. The van der Waals surface area contributed by atoms with Gasteiger partial charge in [-0.25, -0.2) is 0 Å². The fraction of sp³-hybridized carbons (Fsp3) is 0.300. The van der Waals surface area contributed by atoms with Crippen LogP contribution in [-0.4, -0.2) is 18.2 Å². The Morgan fingerprint density at radius 1 is 0.864 bits per heavy atom. The van der Waals surface area contributed by atoms with Crippen molar-refractivity contribution in [2.75, 3.05) is 18.0 Å². The minimum absolute atomic E-state index is 0.733. The van der Waals surface area contributed by atoms with E-state index in [1.807, 2.05) is 42.5 Å². The minimum atomic E-state index is -0.733. The molecule has 2 heteroatoms. The van der Waals surface area contributed by atoms with Crippen molar-refractivity contribution in [2.24, 2.45) is 0 Å². The van der Waals surface area contributed by atoms with E-state index in [0.717, 1.165) is 24.2 Å². The third-order valence-electron chi connectivity index (χ3n) is 4.06. The summed E-state index contributed by atoms with van der Waals surface area (Å²) in [7, 11) is 0. The minimum Gasteiger partial charge on any atom is -0.376 e. The highest BCUT2D eigenvalue weighted by atomic mass is 16.3. The lowest BCUT2D eigenvalue weighted by Crippen LogP contribution is -2.29. The van der Waals surface area contributed by atoms with Gasteiger partial charge in [-0.05, 0) is 49.1 Å². The van der Waals surface area contributed by atoms with E-state index in [-0.39, 0.29) is 0 Å². The van der Waals surface area contributed by atoms with Gasteiger partial charge in [0, 0.05) is 24.3 Å². The van der Waals surface area contributed by atoms with E-state index in [4.69, 9.17) is 0 Å². The molecule has 3 rings (SSSR count). The SMILES string of the molecule is OC(C#Cc1ccc(N2CCCCC2)cc1)c1ccccc1. The van der Waals surface area contributed by atoms with Gasteiger partial charge in [0.1, 0.15) is 6.10 Å². The van der Waals surface area contributed by atoms with E-state index < -0.39 is 6.10 Å². The molecule has 0 saturated carbocycles. The normalized spacial score (nSPS) is 15.8. The average Bonchev–Trinajstić information content (AvgIpc) is 2.61. The van der Waals surface area contributed by atoms with E-state index in [1.54, 1.807) is 0 Å². The van der Waals surface area contributed by atoms with Crippen LogP contribution in [0.5, 0.6) is 0 Å². The predicted molar refractivity (Wildman–Crippen MR) is 90.8 cm³/mol. The number of hydrogen-bond donors (Lipinski definition) is 1. The molecular weight excluding hydrogens is 270 g/mol. The van der Waals surface area contributed by atoms with Crippen LogP contribution in [0.15, 0.2) is 54.6 Å². The van der Waals surface area contributed by atoms with Crippen LogP contribution in [0.1, 0.15) is 36.5 Å². The first kappa shape index (κ1) is 14.7. The summed E-state index contributed by atoms with van der Waals surface area (Å²) in [6.07, 6.45) is 3.18. The molecule has 2 nitrogen and oxygen atoms in total. The van der Waals surface area contributed by atoms with E-state index in [2.05, 4.69) is 28.9 Å². The Morgan fingerprint density at radius 3 is 2.23 bits per heavy atom. The fourth-order valence-electron chi connectivity index (χ4n) is 2.78. The highest BCUT2D eigenvalue weighted by molar-refractivity contribution is 5.51. The summed E-state index contributed by atoms with van der Waals surface area (Å²) in [5.41, 5.74) is 3.05. The molecule has 1 unspecified atom stereocenters. The number of benzene rings is 2. The molecular formula is C20H21NO. The number of hydrogen-bond acceptors (Lipinski definition) is 2. The van der Waals surface area contributed by atoms with Gasteiger partial charge in [-0.3, -0.25) is 0 Å². The third-order valence-corrected chi connectivity index (χ3v) is 4.06. The monoisotopic (exact) mass is 291 g/mol. The standard InChI is InChI=1S/C20H21NO/c22-20(18-7-3-1-4-8-18)14-11-17-9-12-19(13-10-17)21-15-5-2-6-16-21/h1,3-4,7-10,12-13,20,22H,2,5-6,15-16H2. The molecule has 1 atom stereocenters. The summed E-state index contributed by atoms with van der Waals surface area (Å²) in [6, 6.07) is 17.9. The molecule has 1 heterocycles. The molecule has 1 aliphatic heterocycles. The van der Waals surface area contributed by atoms with Gasteiger partial charge < -0.3 is 10.0 Å². The van der Waals surface area contributed by atoms with Crippen LogP contribution in [0.4, 0.5) is 5.69 Å². The Balaban J connectivity index is 1.67. The summed E-state index contributed by atoms with van der Waals surface area (Å²) in [5, 5.41) is 10.1. The van der Waals surface area contributed by atoms with E-state index in [9.17, 15) is 5.11 Å². The van der Waals surface area contributed by atoms with E-state index >= 15 is 0 Å². The van der Waals surface area contributed by atoms with Crippen LogP contribution in [0.2, 0.25) is 0 Å². The predicted octanol–water partition coefficient (Wildman–Crippen LogP) is 3.76. The van der Waals surface area contributed by atoms with Gasteiger partial charge >= 0.3 is 0 Å². The van der Waals surface area contributed by atoms with Gasteiger partial charge in [-0.2, -0.15) is 0 Å². The number of piperidine rings is 1. The molecule has 1 saturated heterocycles. The average molecular weight is 291 g/mol. The molecule has 0 spiro atoms. The maximum Gasteiger partial charge on any atom is 0.140 e. The number of aliphatic hydroxyl groups excluding tert-OH is 1. The Hall–Kier alpha value is -2.24. The van der Waals surface area contributed by atoms with Crippen LogP contribution >= 0.6 is 0 Å². The molecule has 1 aliphatic rings. The lowest BCUT2D eigenvalue weighted by Gasteiger charge is -2.28. The second kappa shape index (κ2) is 7.15. The maximum atomic E-state index is 10.1. The van der Waals surface area contributed by atoms with Crippen LogP contribution < -0.4 is 4.90 Å². The second-order valence-electron chi connectivity index (χ2n) is 5.68. The second-order valence-corrected chi connectivity index (χ2v) is 5.68. The summed E-state index contributed by atoms with van der Waals surface area (Å²) < 4.78 is 0. The summed E-state index contributed by atoms with van der Waals surface area (Å²) >= 11 is 0. The molecule has 112 valence electrons. The van der Waals surface area contributed by atoms with Crippen molar-refractivity contribution in [3.8, 4) is 11.8 Å². The molecule has 0 radical (unpaired) electrons. The Bertz CT molecular complexity index is 646. The zero-order chi connectivity index (χ0) is 15.2. The molecule has 1 N–H and O–H groups in total. The summed E-state index contributed by atoms with van der Waals surface area (Å²) in [6.45, 7) is 2.30. The highest BCUT2D eigenvalue weighted by Crippen LogP contribution is 2.20. The number of nitrogens with zero attached hydrogens (tertiary/aromatic N) is 1. The first-order valence-corrected chi connectivity index (χ1v) is 7.92. The maximum absolute atomic E-state index is 10.1. The van der Waals surface area contributed by atoms with Crippen molar-refractivity contribution in [1.82, 2.24) is 0 Å². The number of aliphatic hydroxyl groups is 1. The van der Waals surface area contributed by atoms with Crippen molar-refractivity contribution in [2.45, 2.75) is 25.4 Å². The molecule has 0 aliphatic carbocycles.